The third-order valence-corrected chi connectivity index (χ3v) is 8.07. The van der Waals surface area contributed by atoms with Crippen LogP contribution in [0.15, 0.2) is 35.7 Å². The summed E-state index contributed by atoms with van der Waals surface area (Å²) in [7, 11) is 1.68. The van der Waals surface area contributed by atoms with Crippen LogP contribution in [0, 0.1) is 5.92 Å². The van der Waals surface area contributed by atoms with Gasteiger partial charge in [-0.05, 0) is 48.4 Å². The van der Waals surface area contributed by atoms with Crippen LogP contribution in [0.25, 0.3) is 21.6 Å². The van der Waals surface area contributed by atoms with E-state index in [2.05, 4.69) is 43.7 Å². The summed E-state index contributed by atoms with van der Waals surface area (Å²) in [6, 6.07) is 8.16. The molecule has 0 N–H and O–H groups in total. The Hall–Kier alpha value is -2.65. The highest BCUT2D eigenvalue weighted by molar-refractivity contribution is 7.98. The molecule has 0 radical (unpaired) electrons. The smallest absolute Gasteiger partial charge is 0.260 e. The lowest BCUT2D eigenvalue weighted by atomic mass is 9.89. The molecule has 0 amide bonds. The van der Waals surface area contributed by atoms with Gasteiger partial charge in [0, 0.05) is 10.6 Å². The molecule has 5 aromatic rings. The number of benzene rings is 1. The Morgan fingerprint density at radius 3 is 2.93 bits per heavy atom. The lowest BCUT2D eigenvalue weighted by Crippen LogP contribution is -2.09. The molecule has 0 saturated heterocycles. The van der Waals surface area contributed by atoms with Gasteiger partial charge in [0.25, 0.3) is 5.78 Å². The normalized spacial score (nSPS) is 16.5. The minimum atomic E-state index is 0.693. The summed E-state index contributed by atoms with van der Waals surface area (Å²) < 4.78 is 9.26. The van der Waals surface area contributed by atoms with Crippen LogP contribution in [0.4, 0.5) is 0 Å². The Morgan fingerprint density at radius 2 is 2.10 bits per heavy atom. The predicted octanol–water partition coefficient (Wildman–Crippen LogP) is 4.41. The average molecular weight is 437 g/mol. The van der Waals surface area contributed by atoms with Gasteiger partial charge in [0.2, 0.25) is 0 Å². The van der Waals surface area contributed by atoms with Crippen LogP contribution >= 0.6 is 23.1 Å². The Kier molecular flexibility index (Phi) is 4.21. The molecule has 4 aromatic heterocycles. The SMILES string of the molecule is COc1ccc(CSc2nnc3n4ncnc4c4c5c(sc4n23)CCC(C)C5)cc1. The van der Waals surface area contributed by atoms with Crippen molar-refractivity contribution in [2.24, 2.45) is 5.92 Å². The molecular formula is C21H20N6OS2. The van der Waals surface area contributed by atoms with Gasteiger partial charge in [0.1, 0.15) is 16.9 Å². The van der Waals surface area contributed by atoms with E-state index < -0.39 is 0 Å². The number of aryl methyl sites for hydroxylation is 1. The van der Waals surface area contributed by atoms with Crippen molar-refractivity contribution in [3.63, 3.8) is 0 Å². The molecule has 4 heterocycles. The minimum absolute atomic E-state index is 0.693. The highest BCUT2D eigenvalue weighted by Gasteiger charge is 2.26. The number of ether oxygens (including phenoxy) is 1. The van der Waals surface area contributed by atoms with Gasteiger partial charge in [-0.2, -0.15) is 9.61 Å². The van der Waals surface area contributed by atoms with Crippen LogP contribution in [-0.2, 0) is 18.6 Å². The van der Waals surface area contributed by atoms with Gasteiger partial charge >= 0.3 is 0 Å². The molecule has 1 atom stereocenters. The molecule has 0 fully saturated rings. The number of aromatic nitrogens is 6. The topological polar surface area (TPSA) is 69.6 Å². The fourth-order valence-corrected chi connectivity index (χ4v) is 6.51. The molecule has 0 spiro atoms. The number of thioether (sulfide) groups is 1. The zero-order chi connectivity index (χ0) is 20.2. The Bertz CT molecular complexity index is 1380. The molecule has 7 nitrogen and oxygen atoms in total. The summed E-state index contributed by atoms with van der Waals surface area (Å²) in [5.74, 6) is 3.09. The second kappa shape index (κ2) is 6.95. The first kappa shape index (κ1) is 18.1. The van der Waals surface area contributed by atoms with Gasteiger partial charge in [-0.3, -0.25) is 0 Å². The third-order valence-electron chi connectivity index (χ3n) is 5.80. The molecular weight excluding hydrogens is 416 g/mol. The van der Waals surface area contributed by atoms with Gasteiger partial charge in [-0.25, -0.2) is 9.38 Å². The van der Waals surface area contributed by atoms with Crippen LogP contribution in [0.2, 0.25) is 0 Å². The maximum Gasteiger partial charge on any atom is 0.260 e. The Balaban J connectivity index is 1.50. The van der Waals surface area contributed by atoms with Crippen molar-refractivity contribution in [3.8, 4) is 5.75 Å². The summed E-state index contributed by atoms with van der Waals surface area (Å²) >= 11 is 3.56. The lowest BCUT2D eigenvalue weighted by Gasteiger charge is -2.17. The third kappa shape index (κ3) is 2.72. The number of rotatable bonds is 4. The average Bonchev–Trinajstić information content (AvgIpc) is 3.48. The Morgan fingerprint density at radius 1 is 1.23 bits per heavy atom. The van der Waals surface area contributed by atoms with E-state index in [-0.39, 0.29) is 0 Å². The number of nitrogens with zero attached hydrogens (tertiary/aromatic N) is 6. The fourth-order valence-electron chi connectivity index (χ4n) is 4.23. The molecule has 9 heteroatoms. The van der Waals surface area contributed by atoms with Crippen molar-refractivity contribution in [3.05, 3.63) is 46.6 Å². The minimum Gasteiger partial charge on any atom is -0.497 e. The molecule has 1 aliphatic rings. The molecule has 1 aliphatic carbocycles. The van der Waals surface area contributed by atoms with Gasteiger partial charge in [0.05, 0.1) is 12.5 Å². The summed E-state index contributed by atoms with van der Waals surface area (Å²) in [5.41, 5.74) is 3.55. The lowest BCUT2D eigenvalue weighted by molar-refractivity contribution is 0.414. The molecule has 152 valence electrons. The van der Waals surface area contributed by atoms with Crippen molar-refractivity contribution in [2.75, 3.05) is 7.11 Å². The van der Waals surface area contributed by atoms with E-state index in [0.29, 0.717) is 5.92 Å². The number of thiophene rings is 1. The zero-order valence-corrected chi connectivity index (χ0v) is 18.3. The van der Waals surface area contributed by atoms with Crippen molar-refractivity contribution in [1.82, 2.24) is 29.2 Å². The molecule has 6 rings (SSSR count). The van der Waals surface area contributed by atoms with E-state index in [1.54, 1.807) is 25.2 Å². The number of hydrogen-bond acceptors (Lipinski definition) is 7. The van der Waals surface area contributed by atoms with Gasteiger partial charge in [0.15, 0.2) is 10.8 Å². The maximum atomic E-state index is 5.26. The molecule has 0 bridgehead atoms. The summed E-state index contributed by atoms with van der Waals surface area (Å²) in [6.45, 7) is 2.33. The van der Waals surface area contributed by atoms with E-state index >= 15 is 0 Å². The van der Waals surface area contributed by atoms with Gasteiger partial charge < -0.3 is 4.74 Å². The number of fused-ring (bicyclic) bond motifs is 8. The van der Waals surface area contributed by atoms with Gasteiger partial charge in [-0.15, -0.1) is 21.5 Å². The van der Waals surface area contributed by atoms with Crippen molar-refractivity contribution >= 4 is 44.7 Å². The standard InChI is InChI=1S/C21H20N6OS2/c1-12-3-8-16-15(9-12)17-18-22-11-23-27(18)20-24-25-21(26(20)19(17)30-16)29-10-13-4-6-14(28-2)7-5-13/h4-7,11-12H,3,8-10H2,1-2H3. The molecule has 30 heavy (non-hydrogen) atoms. The quantitative estimate of drug-likeness (QED) is 0.389. The van der Waals surface area contributed by atoms with Crippen molar-refractivity contribution in [2.45, 2.75) is 37.1 Å². The van der Waals surface area contributed by atoms with E-state index in [9.17, 15) is 0 Å². The molecule has 1 aromatic carbocycles. The first-order chi connectivity index (χ1) is 14.7. The highest BCUT2D eigenvalue weighted by atomic mass is 32.2. The van der Waals surface area contributed by atoms with E-state index in [1.165, 1.54) is 32.6 Å². The summed E-state index contributed by atoms with van der Waals surface area (Å²) in [6.07, 6.45) is 5.09. The first-order valence-electron chi connectivity index (χ1n) is 9.99. The van der Waals surface area contributed by atoms with Crippen LogP contribution in [0.5, 0.6) is 5.75 Å². The summed E-state index contributed by atoms with van der Waals surface area (Å²) in [5, 5.41) is 15.5. The Labute approximate surface area is 181 Å². The van der Waals surface area contributed by atoms with E-state index in [4.69, 9.17) is 4.74 Å². The largest absolute Gasteiger partial charge is 0.497 e. The second-order valence-corrected chi connectivity index (χ2v) is 9.81. The van der Waals surface area contributed by atoms with Crippen LogP contribution < -0.4 is 4.74 Å². The van der Waals surface area contributed by atoms with E-state index in [1.807, 2.05) is 28.0 Å². The molecule has 0 aliphatic heterocycles. The highest BCUT2D eigenvalue weighted by Crippen LogP contribution is 2.41. The predicted molar refractivity (Wildman–Crippen MR) is 119 cm³/mol. The first-order valence-corrected chi connectivity index (χ1v) is 11.8. The van der Waals surface area contributed by atoms with Crippen molar-refractivity contribution in [1.29, 1.82) is 0 Å². The molecule has 0 saturated carbocycles. The van der Waals surface area contributed by atoms with E-state index in [0.717, 1.165) is 40.9 Å². The van der Waals surface area contributed by atoms with Crippen LogP contribution in [0.1, 0.15) is 29.3 Å². The monoisotopic (exact) mass is 436 g/mol. The fraction of sp³-hybridized carbons (Fsp3) is 0.333. The second-order valence-electron chi connectivity index (χ2n) is 7.78. The van der Waals surface area contributed by atoms with Gasteiger partial charge in [-0.1, -0.05) is 30.8 Å². The van der Waals surface area contributed by atoms with Crippen molar-refractivity contribution < 1.29 is 4.74 Å². The van der Waals surface area contributed by atoms with Crippen LogP contribution in [0.3, 0.4) is 0 Å². The number of hydrogen-bond donors (Lipinski definition) is 0. The number of methoxy groups -OCH3 is 1. The molecule has 1 unspecified atom stereocenters. The summed E-state index contributed by atoms with van der Waals surface area (Å²) in [4.78, 5) is 7.24. The van der Waals surface area contributed by atoms with Crippen LogP contribution in [-0.4, -0.2) is 36.3 Å². The zero-order valence-electron chi connectivity index (χ0n) is 16.7. The maximum absolute atomic E-state index is 5.26.